The topological polar surface area (TPSA) is 84.0 Å². The Labute approximate surface area is 158 Å². The van der Waals surface area contributed by atoms with Gasteiger partial charge in [-0.25, -0.2) is 8.42 Å². The molecule has 152 valence electrons. The summed E-state index contributed by atoms with van der Waals surface area (Å²) in [5, 5.41) is 0. The maximum Gasteiger partial charge on any atom is 0.326 e. The SMILES string of the molecule is CCCN(CC(=O)OC(C)(C)C)C(=O)[C@@H]1CCCCN1S(=O)(=O)CCC. The fourth-order valence-electron chi connectivity index (χ4n) is 3.14. The lowest BCUT2D eigenvalue weighted by Gasteiger charge is -2.36. The van der Waals surface area contributed by atoms with Gasteiger partial charge in [0.2, 0.25) is 15.9 Å². The van der Waals surface area contributed by atoms with Crippen LogP contribution in [0.2, 0.25) is 0 Å². The molecule has 0 N–H and O–H groups in total. The molecule has 0 saturated carbocycles. The minimum atomic E-state index is -3.46. The van der Waals surface area contributed by atoms with E-state index in [1.807, 2.05) is 13.8 Å². The van der Waals surface area contributed by atoms with Crippen LogP contribution in [0.1, 0.15) is 66.7 Å². The van der Waals surface area contributed by atoms with Crippen molar-refractivity contribution < 1.29 is 22.7 Å². The Bertz CT molecular complexity index is 583. The van der Waals surface area contributed by atoms with E-state index in [4.69, 9.17) is 4.74 Å². The monoisotopic (exact) mass is 390 g/mol. The van der Waals surface area contributed by atoms with E-state index in [0.29, 0.717) is 32.4 Å². The van der Waals surface area contributed by atoms with Crippen LogP contribution in [-0.2, 0) is 24.3 Å². The maximum absolute atomic E-state index is 13.1. The van der Waals surface area contributed by atoms with Crippen LogP contribution in [0.5, 0.6) is 0 Å². The number of hydrogen-bond donors (Lipinski definition) is 0. The molecule has 1 fully saturated rings. The number of esters is 1. The molecule has 1 amide bonds. The number of amides is 1. The number of sulfonamides is 1. The smallest absolute Gasteiger partial charge is 0.326 e. The van der Waals surface area contributed by atoms with E-state index in [9.17, 15) is 18.0 Å². The lowest BCUT2D eigenvalue weighted by Crippen LogP contribution is -2.54. The molecular weight excluding hydrogens is 356 g/mol. The Morgan fingerprint density at radius 2 is 1.81 bits per heavy atom. The molecule has 0 radical (unpaired) electrons. The third-order valence-electron chi connectivity index (χ3n) is 4.10. The molecule has 7 nitrogen and oxygen atoms in total. The molecule has 8 heteroatoms. The first-order valence-electron chi connectivity index (χ1n) is 9.52. The van der Waals surface area contributed by atoms with Gasteiger partial charge in [0, 0.05) is 13.1 Å². The molecule has 1 heterocycles. The fourth-order valence-corrected chi connectivity index (χ4v) is 4.88. The number of carbonyl (C=O) groups excluding carboxylic acids is 2. The third-order valence-corrected chi connectivity index (χ3v) is 6.18. The Balaban J connectivity index is 2.95. The van der Waals surface area contributed by atoms with E-state index in [0.717, 1.165) is 12.8 Å². The Hall–Kier alpha value is -1.15. The Morgan fingerprint density at radius 1 is 1.15 bits per heavy atom. The Morgan fingerprint density at radius 3 is 2.35 bits per heavy atom. The average molecular weight is 391 g/mol. The summed E-state index contributed by atoms with van der Waals surface area (Å²) >= 11 is 0. The van der Waals surface area contributed by atoms with Gasteiger partial charge in [-0.3, -0.25) is 9.59 Å². The Kier molecular flexibility index (Phi) is 8.53. The molecule has 0 spiro atoms. The predicted molar refractivity (Wildman–Crippen MR) is 101 cm³/mol. The molecule has 1 aliphatic rings. The van der Waals surface area contributed by atoms with Crippen LogP contribution in [0.15, 0.2) is 0 Å². The zero-order valence-corrected chi connectivity index (χ0v) is 17.6. The summed E-state index contributed by atoms with van der Waals surface area (Å²) in [5.74, 6) is -0.730. The van der Waals surface area contributed by atoms with Gasteiger partial charge in [-0.15, -0.1) is 0 Å². The molecule has 1 atom stereocenters. The quantitative estimate of drug-likeness (QED) is 0.593. The molecule has 0 unspecified atom stereocenters. The van der Waals surface area contributed by atoms with Crippen LogP contribution in [0.25, 0.3) is 0 Å². The van der Waals surface area contributed by atoms with E-state index in [-0.39, 0.29) is 18.2 Å². The zero-order chi connectivity index (χ0) is 20.0. The van der Waals surface area contributed by atoms with Crippen LogP contribution in [0.3, 0.4) is 0 Å². The summed E-state index contributed by atoms with van der Waals surface area (Å²) in [6.45, 7) is 9.67. The number of nitrogens with zero attached hydrogens (tertiary/aromatic N) is 2. The van der Waals surface area contributed by atoms with Crippen LogP contribution in [0, 0.1) is 0 Å². The van der Waals surface area contributed by atoms with E-state index in [1.54, 1.807) is 20.8 Å². The lowest BCUT2D eigenvalue weighted by molar-refractivity contribution is -0.159. The van der Waals surface area contributed by atoms with Crippen LogP contribution in [-0.4, -0.2) is 66.5 Å². The predicted octanol–water partition coefficient (Wildman–Crippen LogP) is 2.16. The van der Waals surface area contributed by atoms with Crippen molar-refractivity contribution in [2.45, 2.75) is 78.4 Å². The van der Waals surface area contributed by atoms with Gasteiger partial charge in [-0.2, -0.15) is 4.31 Å². The lowest BCUT2D eigenvalue weighted by atomic mass is 10.0. The summed E-state index contributed by atoms with van der Waals surface area (Å²) < 4.78 is 31.8. The standard InChI is InChI=1S/C18H34N2O5S/c1-6-11-19(14-16(21)25-18(3,4)5)17(22)15-10-8-9-12-20(15)26(23,24)13-7-2/h15H,6-14H2,1-5H3/t15-/m0/s1. The number of ether oxygens (including phenoxy) is 1. The summed E-state index contributed by atoms with van der Waals surface area (Å²) in [7, 11) is -3.46. The van der Waals surface area contributed by atoms with Crippen molar-refractivity contribution in [3.63, 3.8) is 0 Å². The van der Waals surface area contributed by atoms with Crippen molar-refractivity contribution in [2.24, 2.45) is 0 Å². The minimum absolute atomic E-state index is 0.0383. The van der Waals surface area contributed by atoms with Gasteiger partial charge in [0.25, 0.3) is 0 Å². The summed E-state index contributed by atoms with van der Waals surface area (Å²) in [5.41, 5.74) is -0.626. The molecule has 0 aliphatic carbocycles. The minimum Gasteiger partial charge on any atom is -0.459 e. The molecule has 0 bridgehead atoms. The highest BCUT2D eigenvalue weighted by Crippen LogP contribution is 2.23. The van der Waals surface area contributed by atoms with Crippen LogP contribution >= 0.6 is 0 Å². The van der Waals surface area contributed by atoms with Gasteiger partial charge in [0.05, 0.1) is 5.75 Å². The molecular formula is C18H34N2O5S. The summed E-state index contributed by atoms with van der Waals surface area (Å²) in [4.78, 5) is 26.7. The van der Waals surface area contributed by atoms with E-state index in [1.165, 1.54) is 9.21 Å². The first-order valence-corrected chi connectivity index (χ1v) is 11.1. The summed E-state index contributed by atoms with van der Waals surface area (Å²) in [6, 6.07) is -0.714. The van der Waals surface area contributed by atoms with E-state index in [2.05, 4.69) is 0 Å². The van der Waals surface area contributed by atoms with E-state index >= 15 is 0 Å². The molecule has 26 heavy (non-hydrogen) atoms. The van der Waals surface area contributed by atoms with Crippen molar-refractivity contribution in [2.75, 3.05) is 25.4 Å². The second kappa shape index (κ2) is 9.69. The van der Waals surface area contributed by atoms with Gasteiger partial charge >= 0.3 is 5.97 Å². The number of rotatable bonds is 8. The molecule has 1 aliphatic heterocycles. The number of hydrogen-bond acceptors (Lipinski definition) is 5. The molecule has 0 aromatic carbocycles. The van der Waals surface area contributed by atoms with Crippen molar-refractivity contribution in [1.82, 2.24) is 9.21 Å². The summed E-state index contributed by atoms with van der Waals surface area (Å²) in [6.07, 6.45) is 3.25. The largest absolute Gasteiger partial charge is 0.459 e. The van der Waals surface area contributed by atoms with E-state index < -0.39 is 27.6 Å². The molecule has 1 rings (SSSR count). The molecule has 0 aromatic heterocycles. The number of carbonyl (C=O) groups is 2. The molecule has 1 saturated heterocycles. The number of piperidine rings is 1. The van der Waals surface area contributed by atoms with Gasteiger partial charge in [0.15, 0.2) is 0 Å². The van der Waals surface area contributed by atoms with Gasteiger partial charge in [-0.05, 0) is 46.5 Å². The second-order valence-electron chi connectivity index (χ2n) is 7.78. The van der Waals surface area contributed by atoms with Gasteiger partial charge < -0.3 is 9.64 Å². The first kappa shape index (κ1) is 22.9. The normalized spacial score (nSPS) is 19.2. The highest BCUT2D eigenvalue weighted by molar-refractivity contribution is 7.89. The molecule has 0 aromatic rings. The average Bonchev–Trinajstić information content (AvgIpc) is 2.52. The van der Waals surface area contributed by atoms with Crippen molar-refractivity contribution >= 4 is 21.9 Å². The van der Waals surface area contributed by atoms with Crippen molar-refractivity contribution in [1.29, 1.82) is 0 Å². The highest BCUT2D eigenvalue weighted by Gasteiger charge is 2.38. The first-order chi connectivity index (χ1) is 12.0. The zero-order valence-electron chi connectivity index (χ0n) is 16.8. The van der Waals surface area contributed by atoms with Crippen LogP contribution in [0.4, 0.5) is 0 Å². The fraction of sp³-hybridized carbons (Fsp3) is 0.889. The van der Waals surface area contributed by atoms with Gasteiger partial charge in [0.1, 0.15) is 18.2 Å². The highest BCUT2D eigenvalue weighted by atomic mass is 32.2. The van der Waals surface area contributed by atoms with Gasteiger partial charge in [-0.1, -0.05) is 20.3 Å². The van der Waals surface area contributed by atoms with Crippen LogP contribution < -0.4 is 0 Å². The third kappa shape index (κ3) is 6.87. The second-order valence-corrected chi connectivity index (χ2v) is 9.83. The van der Waals surface area contributed by atoms with Crippen molar-refractivity contribution in [3.05, 3.63) is 0 Å². The van der Waals surface area contributed by atoms with Crippen molar-refractivity contribution in [3.8, 4) is 0 Å². The maximum atomic E-state index is 13.1.